The van der Waals surface area contributed by atoms with Crippen molar-refractivity contribution < 1.29 is 14.6 Å². The molecule has 4 aromatic rings. The van der Waals surface area contributed by atoms with Crippen molar-refractivity contribution in [3.63, 3.8) is 0 Å². The number of hydrogen-bond donors (Lipinski definition) is 2. The van der Waals surface area contributed by atoms with E-state index in [0.29, 0.717) is 70.4 Å². The minimum absolute atomic E-state index is 0.242. The second-order valence-electron chi connectivity index (χ2n) is 11.5. The summed E-state index contributed by atoms with van der Waals surface area (Å²) < 4.78 is 7.96. The van der Waals surface area contributed by atoms with E-state index in [-0.39, 0.29) is 17.1 Å². The van der Waals surface area contributed by atoms with Gasteiger partial charge in [0, 0.05) is 35.2 Å². The summed E-state index contributed by atoms with van der Waals surface area (Å²) in [5.74, 6) is 0.618. The van der Waals surface area contributed by atoms with Crippen molar-refractivity contribution in [1.82, 2.24) is 20.0 Å². The highest BCUT2D eigenvalue weighted by Crippen LogP contribution is 2.37. The first-order valence-electron chi connectivity index (χ1n) is 13.8. The fourth-order valence-electron chi connectivity index (χ4n) is 4.92. The Labute approximate surface area is 261 Å². The Kier molecular flexibility index (Phi) is 8.88. The number of piperidine rings is 1. The molecule has 1 fully saturated rings. The van der Waals surface area contributed by atoms with Crippen LogP contribution in [0.5, 0.6) is 11.6 Å². The van der Waals surface area contributed by atoms with E-state index in [9.17, 15) is 9.90 Å². The van der Waals surface area contributed by atoms with Gasteiger partial charge in [-0.05, 0) is 81.6 Å². The third-order valence-electron chi connectivity index (χ3n) is 7.29. The summed E-state index contributed by atoms with van der Waals surface area (Å²) in [7, 11) is 0. The Hall–Kier alpha value is -3.07. The molecule has 42 heavy (non-hydrogen) atoms. The average molecular weight is 628 g/mol. The van der Waals surface area contributed by atoms with Gasteiger partial charge in [0.05, 0.1) is 21.9 Å². The van der Waals surface area contributed by atoms with Gasteiger partial charge in [-0.25, -0.2) is 0 Å². The number of carbonyl (C=O) groups is 1. The van der Waals surface area contributed by atoms with E-state index in [1.165, 1.54) is 0 Å². The molecule has 0 bridgehead atoms. The first-order valence-corrected chi connectivity index (χ1v) is 14.9. The van der Waals surface area contributed by atoms with Crippen molar-refractivity contribution >= 4 is 40.7 Å². The number of carbonyl (C=O) groups excluding carboxylic acids is 1. The molecule has 7 nitrogen and oxygen atoms in total. The summed E-state index contributed by atoms with van der Waals surface area (Å²) in [6, 6.07) is 21.6. The summed E-state index contributed by atoms with van der Waals surface area (Å²) in [4.78, 5) is 15.9. The molecule has 0 saturated carbocycles. The lowest BCUT2D eigenvalue weighted by atomic mass is 9.84. The molecule has 1 amide bonds. The number of benzene rings is 3. The minimum Gasteiger partial charge on any atom is -0.439 e. The van der Waals surface area contributed by atoms with Gasteiger partial charge in [-0.15, -0.1) is 0 Å². The van der Waals surface area contributed by atoms with Crippen molar-refractivity contribution in [1.29, 1.82) is 0 Å². The molecule has 3 aromatic carbocycles. The highest BCUT2D eigenvalue weighted by Gasteiger charge is 2.37. The van der Waals surface area contributed by atoms with Crippen LogP contribution in [0.4, 0.5) is 0 Å². The normalized spacial score (nSPS) is 15.1. The zero-order chi connectivity index (χ0) is 30.1. The van der Waals surface area contributed by atoms with Crippen LogP contribution in [0.2, 0.25) is 15.1 Å². The molecular formula is C32H33Cl3N4O3. The zero-order valence-electron chi connectivity index (χ0n) is 23.7. The molecule has 0 spiro atoms. The molecule has 10 heteroatoms. The highest BCUT2D eigenvalue weighted by atomic mass is 35.5. The van der Waals surface area contributed by atoms with E-state index in [4.69, 9.17) is 44.6 Å². The van der Waals surface area contributed by atoms with Gasteiger partial charge in [-0.2, -0.15) is 9.78 Å². The van der Waals surface area contributed by atoms with Crippen LogP contribution in [0, 0.1) is 0 Å². The predicted octanol–water partition coefficient (Wildman–Crippen LogP) is 7.64. The van der Waals surface area contributed by atoms with Crippen molar-refractivity contribution in [2.24, 2.45) is 0 Å². The monoisotopic (exact) mass is 626 g/mol. The maximum absolute atomic E-state index is 14.1. The van der Waals surface area contributed by atoms with Crippen molar-refractivity contribution in [2.45, 2.75) is 51.3 Å². The number of likely N-dealkylation sites (tertiary alicyclic amines) is 1. The van der Waals surface area contributed by atoms with Crippen LogP contribution < -0.4 is 10.1 Å². The van der Waals surface area contributed by atoms with Crippen LogP contribution in [0.25, 0.3) is 5.69 Å². The van der Waals surface area contributed by atoms with E-state index in [0.717, 1.165) is 5.56 Å². The Morgan fingerprint density at radius 2 is 1.62 bits per heavy atom. The maximum atomic E-state index is 14.1. The lowest BCUT2D eigenvalue weighted by molar-refractivity contribution is -0.0213. The quantitative estimate of drug-likeness (QED) is 0.220. The van der Waals surface area contributed by atoms with Gasteiger partial charge in [-0.3, -0.25) is 4.79 Å². The molecule has 1 aromatic heterocycles. The first-order chi connectivity index (χ1) is 19.9. The van der Waals surface area contributed by atoms with E-state index in [2.05, 4.69) is 5.32 Å². The van der Waals surface area contributed by atoms with Crippen LogP contribution >= 0.6 is 34.8 Å². The minimum atomic E-state index is -0.992. The lowest BCUT2D eigenvalue weighted by Crippen LogP contribution is -2.45. The predicted molar refractivity (Wildman–Crippen MR) is 167 cm³/mol. The van der Waals surface area contributed by atoms with E-state index in [1.54, 1.807) is 52.0 Å². The number of nitrogens with zero attached hydrogens (tertiary/aromatic N) is 3. The Bertz CT molecular complexity index is 1560. The Morgan fingerprint density at radius 3 is 2.24 bits per heavy atom. The SMILES string of the molecule is CC(C)(C)NCc1c(C(=O)N2CCC(O)(c3ccccc3)CC2)nn(-c2ccc(Cl)cc2Cl)c1Oc1ccc(Cl)cc1. The first kappa shape index (κ1) is 30.4. The van der Waals surface area contributed by atoms with Crippen LogP contribution in [0.1, 0.15) is 55.2 Å². The fourth-order valence-corrected chi connectivity index (χ4v) is 5.54. The van der Waals surface area contributed by atoms with Gasteiger partial charge >= 0.3 is 0 Å². The molecule has 1 aliphatic rings. The van der Waals surface area contributed by atoms with Crippen LogP contribution in [-0.2, 0) is 12.1 Å². The standard InChI is InChI=1S/C32H33Cl3N4O3/c1-31(2,3)36-20-25-28(29(40)38-17-15-32(41,16-18-38)21-7-5-4-6-8-21)37-39(27-14-11-23(34)19-26(27)35)30(25)42-24-12-9-22(33)10-13-24/h4-14,19,36,41H,15-18,20H2,1-3H3. The van der Waals surface area contributed by atoms with E-state index < -0.39 is 5.60 Å². The topological polar surface area (TPSA) is 79.6 Å². The van der Waals surface area contributed by atoms with Crippen molar-refractivity contribution in [3.8, 4) is 17.3 Å². The number of hydrogen-bond acceptors (Lipinski definition) is 5. The molecule has 0 aliphatic carbocycles. The zero-order valence-corrected chi connectivity index (χ0v) is 26.0. The molecule has 0 radical (unpaired) electrons. The maximum Gasteiger partial charge on any atom is 0.274 e. The number of rotatable bonds is 7. The third kappa shape index (κ3) is 6.77. The van der Waals surface area contributed by atoms with E-state index >= 15 is 0 Å². The van der Waals surface area contributed by atoms with Crippen molar-refractivity contribution in [3.05, 3.63) is 105 Å². The summed E-state index contributed by atoms with van der Waals surface area (Å²) in [5, 5.41) is 21.0. The second-order valence-corrected chi connectivity index (χ2v) is 12.8. The number of aliphatic hydroxyl groups is 1. The largest absolute Gasteiger partial charge is 0.439 e. The summed E-state index contributed by atoms with van der Waals surface area (Å²) >= 11 is 18.9. The van der Waals surface area contributed by atoms with Gasteiger partial charge in [-0.1, -0.05) is 65.1 Å². The summed E-state index contributed by atoms with van der Waals surface area (Å²) in [5.41, 5.74) is 0.945. The molecule has 1 aliphatic heterocycles. The number of ether oxygens (including phenoxy) is 1. The van der Waals surface area contributed by atoms with Gasteiger partial charge in [0.25, 0.3) is 5.91 Å². The second kappa shape index (κ2) is 12.3. The lowest BCUT2D eigenvalue weighted by Gasteiger charge is -2.38. The number of amides is 1. The number of nitrogens with one attached hydrogen (secondary N) is 1. The van der Waals surface area contributed by atoms with Crippen LogP contribution in [-0.4, -0.2) is 44.3 Å². The van der Waals surface area contributed by atoms with E-state index in [1.807, 2.05) is 51.1 Å². The van der Waals surface area contributed by atoms with Gasteiger partial charge in [0.1, 0.15) is 5.75 Å². The average Bonchev–Trinajstić information content (AvgIpc) is 3.31. The molecule has 5 rings (SSSR count). The molecule has 2 heterocycles. The van der Waals surface area contributed by atoms with Crippen LogP contribution in [0.3, 0.4) is 0 Å². The Balaban J connectivity index is 1.56. The highest BCUT2D eigenvalue weighted by molar-refractivity contribution is 6.35. The molecule has 220 valence electrons. The molecule has 2 N–H and O–H groups in total. The molecule has 0 unspecified atom stereocenters. The molecule has 1 saturated heterocycles. The van der Waals surface area contributed by atoms with Gasteiger partial charge in [0.15, 0.2) is 5.69 Å². The van der Waals surface area contributed by atoms with Gasteiger partial charge < -0.3 is 20.1 Å². The smallest absolute Gasteiger partial charge is 0.274 e. The molecular weight excluding hydrogens is 595 g/mol. The Morgan fingerprint density at radius 1 is 0.976 bits per heavy atom. The number of aromatic nitrogens is 2. The molecule has 0 atom stereocenters. The van der Waals surface area contributed by atoms with Gasteiger partial charge in [0.2, 0.25) is 5.88 Å². The summed E-state index contributed by atoms with van der Waals surface area (Å²) in [6.45, 7) is 7.19. The third-order valence-corrected chi connectivity index (χ3v) is 8.08. The number of halogens is 3. The van der Waals surface area contributed by atoms with Crippen LogP contribution in [0.15, 0.2) is 72.8 Å². The van der Waals surface area contributed by atoms with Crippen molar-refractivity contribution in [2.75, 3.05) is 13.1 Å². The summed E-state index contributed by atoms with van der Waals surface area (Å²) in [6.07, 6.45) is 0.826. The fraction of sp³-hybridized carbons (Fsp3) is 0.312.